The molecule has 0 aliphatic heterocycles. The SMILES string of the molecule is N#C/C=C(/NC(=O)O)c1ccc(C(F)(F)F)cc1. The minimum Gasteiger partial charge on any atom is -0.465 e. The Labute approximate surface area is 100.0 Å². The van der Waals surface area contributed by atoms with Crippen LogP contribution in [0.15, 0.2) is 30.3 Å². The predicted molar refractivity (Wildman–Crippen MR) is 56.2 cm³/mol. The van der Waals surface area contributed by atoms with Crippen LogP contribution in [0.5, 0.6) is 0 Å². The number of carbonyl (C=O) groups is 1. The van der Waals surface area contributed by atoms with Gasteiger partial charge in [-0.15, -0.1) is 0 Å². The smallest absolute Gasteiger partial charge is 0.416 e. The fourth-order valence-corrected chi connectivity index (χ4v) is 1.21. The van der Waals surface area contributed by atoms with Gasteiger partial charge in [-0.1, -0.05) is 12.1 Å². The van der Waals surface area contributed by atoms with Crippen LogP contribution in [0.4, 0.5) is 18.0 Å². The van der Waals surface area contributed by atoms with E-state index < -0.39 is 17.8 Å². The van der Waals surface area contributed by atoms with Crippen LogP contribution in [-0.2, 0) is 6.18 Å². The molecule has 0 aliphatic carbocycles. The summed E-state index contributed by atoms with van der Waals surface area (Å²) in [4.78, 5) is 10.4. The lowest BCUT2D eigenvalue weighted by Crippen LogP contribution is -2.19. The summed E-state index contributed by atoms with van der Waals surface area (Å²) in [5, 5.41) is 18.9. The van der Waals surface area contributed by atoms with Gasteiger partial charge >= 0.3 is 12.3 Å². The van der Waals surface area contributed by atoms with E-state index in [2.05, 4.69) is 0 Å². The molecule has 0 spiro atoms. The lowest BCUT2D eigenvalue weighted by molar-refractivity contribution is -0.137. The molecule has 0 radical (unpaired) electrons. The van der Waals surface area contributed by atoms with E-state index in [1.807, 2.05) is 5.32 Å². The third kappa shape index (κ3) is 3.52. The minimum absolute atomic E-state index is 0.0845. The number of carboxylic acid groups (broad SMARTS) is 1. The molecule has 94 valence electrons. The van der Waals surface area contributed by atoms with Crippen molar-refractivity contribution in [3.63, 3.8) is 0 Å². The molecular formula is C11H7F3N2O2. The fraction of sp³-hybridized carbons (Fsp3) is 0.0909. The topological polar surface area (TPSA) is 73.1 Å². The number of halogens is 3. The van der Waals surface area contributed by atoms with E-state index in [4.69, 9.17) is 10.4 Å². The lowest BCUT2D eigenvalue weighted by Gasteiger charge is -2.09. The molecule has 0 aliphatic rings. The Morgan fingerprint density at radius 2 is 1.89 bits per heavy atom. The molecule has 4 nitrogen and oxygen atoms in total. The highest BCUT2D eigenvalue weighted by Gasteiger charge is 2.30. The van der Waals surface area contributed by atoms with Crippen LogP contribution >= 0.6 is 0 Å². The summed E-state index contributed by atoms with van der Waals surface area (Å²) in [7, 11) is 0. The molecule has 1 rings (SSSR count). The lowest BCUT2D eigenvalue weighted by atomic mass is 10.1. The molecule has 0 bridgehead atoms. The van der Waals surface area contributed by atoms with E-state index in [-0.39, 0.29) is 11.3 Å². The molecule has 7 heteroatoms. The highest BCUT2D eigenvalue weighted by Crippen LogP contribution is 2.29. The Bertz CT molecular complexity index is 513. The number of amides is 1. The van der Waals surface area contributed by atoms with Crippen molar-refractivity contribution in [1.29, 1.82) is 5.26 Å². The van der Waals surface area contributed by atoms with Crippen LogP contribution in [-0.4, -0.2) is 11.2 Å². The Morgan fingerprint density at radius 1 is 1.33 bits per heavy atom. The standard InChI is InChI=1S/C11H7F3N2O2/c12-11(13,14)8-3-1-7(2-4-8)9(5-6-15)16-10(17)18/h1-5,16H,(H,17,18)/b9-5+. The van der Waals surface area contributed by atoms with Gasteiger partial charge in [-0.05, 0) is 17.7 Å². The molecule has 0 aromatic heterocycles. The van der Waals surface area contributed by atoms with Gasteiger partial charge in [0.05, 0.1) is 17.3 Å². The maximum absolute atomic E-state index is 12.3. The molecule has 18 heavy (non-hydrogen) atoms. The normalized spacial score (nSPS) is 11.8. The van der Waals surface area contributed by atoms with Crippen LogP contribution in [0.1, 0.15) is 11.1 Å². The van der Waals surface area contributed by atoms with Crippen molar-refractivity contribution < 1.29 is 23.1 Å². The van der Waals surface area contributed by atoms with Gasteiger partial charge in [0.2, 0.25) is 0 Å². The van der Waals surface area contributed by atoms with Gasteiger partial charge in [-0.3, -0.25) is 5.32 Å². The average Bonchev–Trinajstić information content (AvgIpc) is 2.27. The monoisotopic (exact) mass is 256 g/mol. The van der Waals surface area contributed by atoms with Crippen LogP contribution in [0, 0.1) is 11.3 Å². The number of nitriles is 1. The second-order valence-corrected chi connectivity index (χ2v) is 3.19. The number of nitrogens with one attached hydrogen (secondary N) is 1. The quantitative estimate of drug-likeness (QED) is 0.799. The van der Waals surface area contributed by atoms with E-state index in [0.29, 0.717) is 0 Å². The van der Waals surface area contributed by atoms with Gasteiger partial charge in [-0.2, -0.15) is 18.4 Å². The molecule has 0 saturated heterocycles. The second-order valence-electron chi connectivity index (χ2n) is 3.19. The molecule has 1 aromatic carbocycles. The third-order valence-corrected chi connectivity index (χ3v) is 1.97. The number of benzene rings is 1. The first-order valence-corrected chi connectivity index (χ1v) is 4.62. The summed E-state index contributed by atoms with van der Waals surface area (Å²) in [5.74, 6) is 0. The molecule has 0 heterocycles. The molecule has 1 aromatic rings. The number of hydrogen-bond donors (Lipinski definition) is 2. The highest BCUT2D eigenvalue weighted by atomic mass is 19.4. The Balaban J connectivity index is 3.06. The number of alkyl halides is 3. The summed E-state index contributed by atoms with van der Waals surface area (Å²) in [6, 6.07) is 5.40. The molecule has 2 N–H and O–H groups in total. The highest BCUT2D eigenvalue weighted by molar-refractivity contribution is 5.81. The first-order chi connectivity index (χ1) is 8.34. The van der Waals surface area contributed by atoms with Gasteiger partial charge in [-0.25, -0.2) is 4.79 Å². The van der Waals surface area contributed by atoms with Crippen molar-refractivity contribution in [3.8, 4) is 6.07 Å². The summed E-state index contributed by atoms with van der Waals surface area (Å²) in [6.45, 7) is 0. The summed E-state index contributed by atoms with van der Waals surface area (Å²) in [5.41, 5.74) is -0.761. The Kier molecular flexibility index (Phi) is 3.94. The van der Waals surface area contributed by atoms with E-state index >= 15 is 0 Å². The van der Waals surface area contributed by atoms with Gasteiger partial charge in [0.15, 0.2) is 0 Å². The summed E-state index contributed by atoms with van der Waals surface area (Å²) >= 11 is 0. The van der Waals surface area contributed by atoms with Crippen molar-refractivity contribution in [2.75, 3.05) is 0 Å². The van der Waals surface area contributed by atoms with E-state index in [9.17, 15) is 18.0 Å². The molecular weight excluding hydrogens is 249 g/mol. The number of allylic oxidation sites excluding steroid dienone is 1. The number of rotatable bonds is 2. The predicted octanol–water partition coefficient (Wildman–Crippen LogP) is 2.84. The summed E-state index contributed by atoms with van der Waals surface area (Å²) in [6.07, 6.45) is -4.97. The first-order valence-electron chi connectivity index (χ1n) is 4.62. The zero-order chi connectivity index (χ0) is 13.8. The fourth-order valence-electron chi connectivity index (χ4n) is 1.21. The van der Waals surface area contributed by atoms with Gasteiger partial charge in [0.1, 0.15) is 0 Å². The Morgan fingerprint density at radius 3 is 2.28 bits per heavy atom. The van der Waals surface area contributed by atoms with Crippen molar-refractivity contribution in [3.05, 3.63) is 41.5 Å². The van der Waals surface area contributed by atoms with E-state index in [0.717, 1.165) is 30.3 Å². The van der Waals surface area contributed by atoms with Gasteiger partial charge < -0.3 is 5.11 Å². The van der Waals surface area contributed by atoms with Crippen LogP contribution in [0.25, 0.3) is 5.70 Å². The van der Waals surface area contributed by atoms with Crippen LogP contribution in [0.2, 0.25) is 0 Å². The minimum atomic E-state index is -4.46. The van der Waals surface area contributed by atoms with Crippen molar-refractivity contribution in [2.45, 2.75) is 6.18 Å². The van der Waals surface area contributed by atoms with Crippen molar-refractivity contribution in [2.24, 2.45) is 0 Å². The van der Waals surface area contributed by atoms with Gasteiger partial charge in [0.25, 0.3) is 0 Å². The summed E-state index contributed by atoms with van der Waals surface area (Å²) < 4.78 is 36.9. The largest absolute Gasteiger partial charge is 0.465 e. The van der Waals surface area contributed by atoms with Crippen LogP contribution < -0.4 is 5.32 Å². The molecule has 0 atom stereocenters. The zero-order valence-electron chi connectivity index (χ0n) is 8.82. The molecule has 0 unspecified atom stereocenters. The zero-order valence-corrected chi connectivity index (χ0v) is 8.82. The maximum atomic E-state index is 12.3. The van der Waals surface area contributed by atoms with Crippen LogP contribution in [0.3, 0.4) is 0 Å². The molecule has 1 amide bonds. The number of hydrogen-bond acceptors (Lipinski definition) is 2. The van der Waals surface area contributed by atoms with Crippen molar-refractivity contribution >= 4 is 11.8 Å². The Hall–Kier alpha value is -2.49. The van der Waals surface area contributed by atoms with Gasteiger partial charge in [0, 0.05) is 6.08 Å². The number of nitrogens with zero attached hydrogens (tertiary/aromatic N) is 1. The first kappa shape index (κ1) is 13.6. The van der Waals surface area contributed by atoms with E-state index in [1.165, 1.54) is 0 Å². The average molecular weight is 256 g/mol. The van der Waals surface area contributed by atoms with E-state index in [1.54, 1.807) is 6.07 Å². The second kappa shape index (κ2) is 5.23. The maximum Gasteiger partial charge on any atom is 0.416 e. The van der Waals surface area contributed by atoms with Crippen molar-refractivity contribution in [1.82, 2.24) is 5.32 Å². The third-order valence-electron chi connectivity index (χ3n) is 1.97. The molecule has 0 fully saturated rings. The molecule has 0 saturated carbocycles.